The van der Waals surface area contributed by atoms with Gasteiger partial charge in [-0.05, 0) is 32.1 Å². The van der Waals surface area contributed by atoms with Crippen LogP contribution < -0.4 is 4.90 Å². The monoisotopic (exact) mass is 224 g/mol. The van der Waals surface area contributed by atoms with Crippen LogP contribution >= 0.6 is 0 Å². The van der Waals surface area contributed by atoms with Gasteiger partial charge < -0.3 is 16.7 Å². The summed E-state index contributed by atoms with van der Waals surface area (Å²) in [7, 11) is 0. The molecular weight excluding hydrogens is 196 g/mol. The van der Waals surface area contributed by atoms with Gasteiger partial charge in [0.2, 0.25) is 0 Å². The van der Waals surface area contributed by atoms with E-state index in [1.54, 1.807) is 0 Å². The lowest BCUT2D eigenvalue weighted by Crippen LogP contribution is -3.13. The summed E-state index contributed by atoms with van der Waals surface area (Å²) in [5.74, 6) is 1.03. The largest absolute Gasteiger partial charge is 0.512 e. The van der Waals surface area contributed by atoms with Gasteiger partial charge in [-0.2, -0.15) is 0 Å². The van der Waals surface area contributed by atoms with Gasteiger partial charge in [-0.3, -0.25) is 0 Å². The second kappa shape index (κ2) is 11.0. The van der Waals surface area contributed by atoms with Crippen molar-refractivity contribution in [2.45, 2.75) is 58.8 Å². The average molecular weight is 224 g/mol. The molecule has 0 amide bonds. The van der Waals surface area contributed by atoms with E-state index in [0.29, 0.717) is 0 Å². The van der Waals surface area contributed by atoms with Gasteiger partial charge in [0.05, 0.1) is 19.6 Å². The molecule has 1 N–H and O–H groups in total. The van der Waals surface area contributed by atoms with Crippen molar-refractivity contribution >= 4 is 0 Å². The van der Waals surface area contributed by atoms with Crippen LogP contribution in [0, 0.1) is 17.8 Å². The molecule has 1 aliphatic heterocycles. The van der Waals surface area contributed by atoms with Gasteiger partial charge in [-0.25, -0.2) is 0 Å². The number of hydrogen-bond donors (Lipinski definition) is 1. The fourth-order valence-corrected chi connectivity index (χ4v) is 2.63. The van der Waals surface area contributed by atoms with Crippen LogP contribution in [0.1, 0.15) is 58.8 Å². The Morgan fingerprint density at radius 2 is 1.94 bits per heavy atom. The smallest absolute Gasteiger partial charge is 0.0799 e. The summed E-state index contributed by atoms with van der Waals surface area (Å²) in [6.07, 6.45) is 10.1. The summed E-state index contributed by atoms with van der Waals surface area (Å²) >= 11 is 0. The zero-order chi connectivity index (χ0) is 12.2. The molecule has 0 aromatic heterocycles. The SMILES string of the molecule is CCCCCC[NH+]1CCCC(CC)C1.[C-]#N. The van der Waals surface area contributed by atoms with Gasteiger partial charge in [0, 0.05) is 5.92 Å². The molecule has 0 spiro atoms. The van der Waals surface area contributed by atoms with Crippen molar-refractivity contribution in [2.75, 3.05) is 19.6 Å². The third-order valence-electron chi connectivity index (χ3n) is 3.68. The Labute approximate surface area is 102 Å². The highest BCUT2D eigenvalue weighted by Gasteiger charge is 2.20. The van der Waals surface area contributed by atoms with Gasteiger partial charge in [0.15, 0.2) is 0 Å². The van der Waals surface area contributed by atoms with Crippen molar-refractivity contribution in [3.8, 4) is 0 Å². The number of likely N-dealkylation sites (tertiary alicyclic amines) is 1. The Hall–Kier alpha value is -0.550. The molecule has 1 rings (SSSR count). The van der Waals surface area contributed by atoms with Gasteiger partial charge in [0.1, 0.15) is 0 Å². The number of nitrogens with one attached hydrogen (secondary N) is 1. The van der Waals surface area contributed by atoms with Crippen LogP contribution in [-0.2, 0) is 0 Å². The highest BCUT2D eigenvalue weighted by molar-refractivity contribution is 4.59. The van der Waals surface area contributed by atoms with E-state index in [1.807, 2.05) is 4.90 Å². The molecule has 0 bridgehead atoms. The van der Waals surface area contributed by atoms with Crippen LogP contribution in [0.15, 0.2) is 0 Å². The highest BCUT2D eigenvalue weighted by Crippen LogP contribution is 2.10. The zero-order valence-electron chi connectivity index (χ0n) is 11.1. The summed E-state index contributed by atoms with van der Waals surface area (Å²) in [5.41, 5.74) is 0. The third-order valence-corrected chi connectivity index (χ3v) is 3.68. The summed E-state index contributed by atoms with van der Waals surface area (Å²) in [5, 5.41) is 6.25. The Kier molecular flexibility index (Phi) is 10.6. The molecule has 1 heterocycles. The first-order valence-corrected chi connectivity index (χ1v) is 6.92. The molecule has 0 aliphatic carbocycles. The maximum atomic E-state index is 6.25. The topological polar surface area (TPSA) is 28.2 Å². The fraction of sp³-hybridized carbons (Fsp3) is 0.929. The minimum absolute atomic E-state index is 1.03. The quantitative estimate of drug-likeness (QED) is 0.544. The second-order valence-corrected chi connectivity index (χ2v) is 4.93. The maximum absolute atomic E-state index is 6.25. The van der Waals surface area contributed by atoms with E-state index in [9.17, 15) is 0 Å². The molecule has 0 aromatic carbocycles. The minimum Gasteiger partial charge on any atom is -0.512 e. The van der Waals surface area contributed by atoms with Crippen LogP contribution in [0.25, 0.3) is 0 Å². The van der Waals surface area contributed by atoms with E-state index in [4.69, 9.17) is 11.8 Å². The number of nitrogens with zero attached hydrogens (tertiary/aromatic N) is 1. The normalized spacial score (nSPS) is 24.5. The van der Waals surface area contributed by atoms with E-state index >= 15 is 0 Å². The predicted molar refractivity (Wildman–Crippen MR) is 67.7 cm³/mol. The third kappa shape index (κ3) is 6.85. The molecule has 1 aliphatic rings. The fourth-order valence-electron chi connectivity index (χ4n) is 2.63. The van der Waals surface area contributed by atoms with E-state index in [-0.39, 0.29) is 0 Å². The first-order valence-electron chi connectivity index (χ1n) is 6.92. The molecule has 0 aromatic rings. The first kappa shape index (κ1) is 15.4. The Morgan fingerprint density at radius 3 is 2.56 bits per heavy atom. The minimum atomic E-state index is 1.03. The van der Waals surface area contributed by atoms with Crippen molar-refractivity contribution in [1.82, 2.24) is 0 Å². The molecule has 0 radical (unpaired) electrons. The highest BCUT2D eigenvalue weighted by atomic mass is 15.1. The lowest BCUT2D eigenvalue weighted by molar-refractivity contribution is -0.909. The van der Waals surface area contributed by atoms with Gasteiger partial charge in [-0.1, -0.05) is 26.7 Å². The maximum Gasteiger partial charge on any atom is 0.0799 e. The van der Waals surface area contributed by atoms with Gasteiger partial charge in [0.25, 0.3) is 0 Å². The number of rotatable bonds is 6. The molecule has 1 fully saturated rings. The molecule has 94 valence electrons. The molecule has 2 heteroatoms. The van der Waals surface area contributed by atoms with Crippen molar-refractivity contribution in [3.63, 3.8) is 0 Å². The molecule has 0 saturated carbocycles. The Morgan fingerprint density at radius 1 is 1.19 bits per heavy atom. The zero-order valence-corrected chi connectivity index (χ0v) is 11.1. The lowest BCUT2D eigenvalue weighted by Gasteiger charge is -2.29. The molecule has 16 heavy (non-hydrogen) atoms. The van der Waals surface area contributed by atoms with E-state index in [2.05, 4.69) is 13.8 Å². The van der Waals surface area contributed by atoms with Crippen LogP contribution in [-0.4, -0.2) is 19.6 Å². The summed E-state index contributed by atoms with van der Waals surface area (Å²) < 4.78 is 0. The van der Waals surface area contributed by atoms with E-state index in [1.165, 1.54) is 64.6 Å². The number of unbranched alkanes of at least 4 members (excludes halogenated alkanes) is 3. The van der Waals surface area contributed by atoms with Crippen molar-refractivity contribution in [2.24, 2.45) is 5.92 Å². The lowest BCUT2D eigenvalue weighted by atomic mass is 9.95. The number of hydrogen-bond acceptors (Lipinski definition) is 1. The van der Waals surface area contributed by atoms with E-state index < -0.39 is 0 Å². The van der Waals surface area contributed by atoms with Gasteiger partial charge in [-0.15, -0.1) is 0 Å². The molecule has 1 saturated heterocycles. The Bertz CT molecular complexity index is 165. The average Bonchev–Trinajstić information content (AvgIpc) is 2.37. The number of piperidine rings is 1. The molecule has 2 atom stereocenters. The molecular formula is C14H28N2. The summed E-state index contributed by atoms with van der Waals surface area (Å²) in [4.78, 5) is 1.89. The van der Waals surface area contributed by atoms with Crippen molar-refractivity contribution in [1.29, 1.82) is 5.26 Å². The Balaban J connectivity index is 0.00000106. The van der Waals surface area contributed by atoms with Crippen LogP contribution in [0.3, 0.4) is 0 Å². The van der Waals surface area contributed by atoms with Crippen LogP contribution in [0.4, 0.5) is 0 Å². The van der Waals surface area contributed by atoms with Crippen molar-refractivity contribution in [3.05, 3.63) is 6.57 Å². The first-order chi connectivity index (χ1) is 7.86. The summed E-state index contributed by atoms with van der Waals surface area (Å²) in [6, 6.07) is 0. The molecule has 2 nitrogen and oxygen atoms in total. The van der Waals surface area contributed by atoms with Crippen LogP contribution in [0.5, 0.6) is 0 Å². The molecule has 2 unspecified atom stereocenters. The number of quaternary nitrogens is 1. The van der Waals surface area contributed by atoms with Crippen LogP contribution in [0.2, 0.25) is 0 Å². The predicted octanol–water partition coefficient (Wildman–Crippen LogP) is 2.37. The standard InChI is InChI=1S/C13H27N.CN/c1-3-5-6-7-10-14-11-8-9-13(4-2)12-14;1-2/h13H,3-12H2,1-2H3;/q;-1/p+1. The second-order valence-electron chi connectivity index (χ2n) is 4.93. The van der Waals surface area contributed by atoms with E-state index in [0.717, 1.165) is 5.92 Å². The summed E-state index contributed by atoms with van der Waals surface area (Å²) in [6.45, 7) is 13.7. The van der Waals surface area contributed by atoms with Crippen molar-refractivity contribution < 1.29 is 4.90 Å². The van der Waals surface area contributed by atoms with Gasteiger partial charge >= 0.3 is 0 Å².